The maximum Gasteiger partial charge on any atom is 0.243 e. The number of nitrogens with zero attached hydrogens (tertiary/aromatic N) is 2. The minimum atomic E-state index is -3.44. The van der Waals surface area contributed by atoms with Gasteiger partial charge in [-0.25, -0.2) is 8.42 Å². The molecule has 0 amide bonds. The molecule has 1 aliphatic heterocycles. The molecule has 2 atom stereocenters. The zero-order chi connectivity index (χ0) is 14.8. The van der Waals surface area contributed by atoms with Gasteiger partial charge in [0.1, 0.15) is 0 Å². The van der Waals surface area contributed by atoms with E-state index in [1.807, 2.05) is 18.7 Å². The van der Waals surface area contributed by atoms with E-state index in [-0.39, 0.29) is 6.04 Å². The van der Waals surface area contributed by atoms with E-state index >= 15 is 0 Å². The van der Waals surface area contributed by atoms with Gasteiger partial charge >= 0.3 is 0 Å². The Labute approximate surface area is 124 Å². The van der Waals surface area contributed by atoms with Crippen LogP contribution >= 0.6 is 11.8 Å². The molecule has 0 N–H and O–H groups in total. The zero-order valence-electron chi connectivity index (χ0n) is 11.6. The molecule has 2 rings (SSSR count). The summed E-state index contributed by atoms with van der Waals surface area (Å²) in [4.78, 5) is 0.310. The summed E-state index contributed by atoms with van der Waals surface area (Å²) in [6.07, 6.45) is 0.300. The molecule has 108 valence electrons. The largest absolute Gasteiger partial charge is 0.243 e. The average Bonchev–Trinajstić information content (AvgIpc) is 2.42. The van der Waals surface area contributed by atoms with Crippen molar-refractivity contribution in [2.24, 2.45) is 0 Å². The fourth-order valence-electron chi connectivity index (χ4n) is 2.25. The summed E-state index contributed by atoms with van der Waals surface area (Å²) in [5.74, 6) is 0.831. The standard InChI is InChI=1S/C14H18N2O2S2/c1-11-12(2)19-10-9-16(11)20(17,18)14-5-3-13(4-6-14)7-8-15/h3-6,11-12H,7,9-10H2,1-2H3. The lowest BCUT2D eigenvalue weighted by molar-refractivity contribution is 0.340. The van der Waals surface area contributed by atoms with E-state index in [9.17, 15) is 8.42 Å². The molecule has 0 spiro atoms. The molecule has 4 nitrogen and oxygen atoms in total. The van der Waals surface area contributed by atoms with Gasteiger partial charge in [-0.15, -0.1) is 0 Å². The Morgan fingerprint density at radius 2 is 2.00 bits per heavy atom. The predicted molar refractivity (Wildman–Crippen MR) is 81.0 cm³/mol. The number of rotatable bonds is 3. The molecule has 1 aromatic carbocycles. The lowest BCUT2D eigenvalue weighted by Crippen LogP contribution is -2.47. The molecule has 0 bridgehead atoms. The maximum absolute atomic E-state index is 12.7. The Balaban J connectivity index is 2.28. The van der Waals surface area contributed by atoms with Crippen molar-refractivity contribution in [1.82, 2.24) is 4.31 Å². The minimum Gasteiger partial charge on any atom is -0.207 e. The second-order valence-corrected chi connectivity index (χ2v) is 8.29. The Morgan fingerprint density at radius 3 is 2.60 bits per heavy atom. The number of nitriles is 1. The highest BCUT2D eigenvalue weighted by Crippen LogP contribution is 2.29. The van der Waals surface area contributed by atoms with Crippen molar-refractivity contribution in [3.8, 4) is 6.07 Å². The summed E-state index contributed by atoms with van der Waals surface area (Å²) in [5.41, 5.74) is 0.835. The molecule has 1 aromatic rings. The fourth-order valence-corrected chi connectivity index (χ4v) is 5.25. The third kappa shape index (κ3) is 3.00. The molecule has 0 aromatic heterocycles. The Hall–Kier alpha value is -1.03. The summed E-state index contributed by atoms with van der Waals surface area (Å²) in [6, 6.07) is 8.67. The van der Waals surface area contributed by atoms with Crippen LogP contribution in [0.5, 0.6) is 0 Å². The van der Waals surface area contributed by atoms with Crippen LogP contribution in [-0.2, 0) is 16.4 Å². The van der Waals surface area contributed by atoms with Gasteiger partial charge in [0.25, 0.3) is 0 Å². The minimum absolute atomic E-state index is 0.00228. The van der Waals surface area contributed by atoms with Gasteiger partial charge in [0.2, 0.25) is 10.0 Å². The van der Waals surface area contributed by atoms with Crippen LogP contribution in [0.15, 0.2) is 29.2 Å². The molecule has 1 aliphatic rings. The summed E-state index contributed by atoms with van der Waals surface area (Å²) in [7, 11) is -3.44. The van der Waals surface area contributed by atoms with Crippen LogP contribution in [-0.4, -0.2) is 36.3 Å². The second-order valence-electron chi connectivity index (χ2n) is 4.91. The maximum atomic E-state index is 12.7. The van der Waals surface area contributed by atoms with E-state index < -0.39 is 10.0 Å². The van der Waals surface area contributed by atoms with E-state index in [0.717, 1.165) is 11.3 Å². The topological polar surface area (TPSA) is 61.2 Å². The Kier molecular flexibility index (Phi) is 4.74. The molecular formula is C14H18N2O2S2. The van der Waals surface area contributed by atoms with Crippen molar-refractivity contribution in [2.75, 3.05) is 12.3 Å². The SMILES string of the molecule is CC1SCCN(S(=O)(=O)c2ccc(CC#N)cc2)C1C. The number of sulfonamides is 1. The number of hydrogen-bond donors (Lipinski definition) is 0. The number of thioether (sulfide) groups is 1. The zero-order valence-corrected chi connectivity index (χ0v) is 13.2. The van der Waals surface area contributed by atoms with Gasteiger partial charge in [0.15, 0.2) is 0 Å². The van der Waals surface area contributed by atoms with Gasteiger partial charge in [-0.3, -0.25) is 0 Å². The number of benzene rings is 1. The average molecular weight is 310 g/mol. The smallest absolute Gasteiger partial charge is 0.207 e. The predicted octanol–water partition coefficient (Wildman–Crippen LogP) is 2.27. The second kappa shape index (κ2) is 6.17. The van der Waals surface area contributed by atoms with E-state index in [4.69, 9.17) is 5.26 Å². The number of hydrogen-bond acceptors (Lipinski definition) is 4. The summed E-state index contributed by atoms with van der Waals surface area (Å²) < 4.78 is 26.9. The normalized spacial score (nSPS) is 24.2. The van der Waals surface area contributed by atoms with Crippen molar-refractivity contribution in [3.05, 3.63) is 29.8 Å². The highest BCUT2D eigenvalue weighted by molar-refractivity contribution is 8.00. The van der Waals surface area contributed by atoms with E-state index in [2.05, 4.69) is 13.0 Å². The van der Waals surface area contributed by atoms with E-state index in [0.29, 0.717) is 23.1 Å². The molecule has 20 heavy (non-hydrogen) atoms. The lowest BCUT2D eigenvalue weighted by Gasteiger charge is -2.36. The highest BCUT2D eigenvalue weighted by Gasteiger charge is 2.34. The molecule has 1 saturated heterocycles. The Bertz CT molecular complexity index is 605. The fraction of sp³-hybridized carbons (Fsp3) is 0.500. The van der Waals surface area contributed by atoms with Crippen molar-refractivity contribution < 1.29 is 8.42 Å². The third-order valence-electron chi connectivity index (χ3n) is 3.64. The quantitative estimate of drug-likeness (QED) is 0.859. The van der Waals surface area contributed by atoms with E-state index in [1.165, 1.54) is 0 Å². The first-order chi connectivity index (χ1) is 9.46. The summed E-state index contributed by atoms with van der Waals surface area (Å²) >= 11 is 1.81. The summed E-state index contributed by atoms with van der Waals surface area (Å²) in [5, 5.41) is 8.94. The molecule has 0 radical (unpaired) electrons. The first-order valence-corrected chi connectivity index (χ1v) is 9.05. The van der Waals surface area contributed by atoms with Gasteiger partial charge < -0.3 is 0 Å². The van der Waals surface area contributed by atoms with Crippen LogP contribution in [0.3, 0.4) is 0 Å². The van der Waals surface area contributed by atoms with Crippen molar-refractivity contribution in [1.29, 1.82) is 5.26 Å². The molecule has 0 aliphatic carbocycles. The first kappa shape index (κ1) is 15.4. The lowest BCUT2D eigenvalue weighted by atomic mass is 10.2. The third-order valence-corrected chi connectivity index (χ3v) is 6.98. The molecule has 1 fully saturated rings. The van der Waals surface area contributed by atoms with E-state index in [1.54, 1.807) is 28.6 Å². The first-order valence-electron chi connectivity index (χ1n) is 6.56. The molecule has 6 heteroatoms. The van der Waals surface area contributed by atoms with Crippen LogP contribution in [0.1, 0.15) is 19.4 Å². The van der Waals surface area contributed by atoms with Crippen LogP contribution in [0.25, 0.3) is 0 Å². The Morgan fingerprint density at radius 1 is 1.35 bits per heavy atom. The van der Waals surface area contributed by atoms with Crippen LogP contribution in [0.2, 0.25) is 0 Å². The van der Waals surface area contributed by atoms with Gasteiger partial charge in [-0.1, -0.05) is 19.1 Å². The highest BCUT2D eigenvalue weighted by atomic mass is 32.2. The molecule has 2 unspecified atom stereocenters. The summed E-state index contributed by atoms with van der Waals surface area (Å²) in [6.45, 7) is 4.57. The van der Waals surface area contributed by atoms with Crippen molar-refractivity contribution in [3.63, 3.8) is 0 Å². The molecule has 1 heterocycles. The van der Waals surface area contributed by atoms with Crippen LogP contribution in [0.4, 0.5) is 0 Å². The molecular weight excluding hydrogens is 292 g/mol. The van der Waals surface area contributed by atoms with Crippen molar-refractivity contribution in [2.45, 2.75) is 36.5 Å². The van der Waals surface area contributed by atoms with Crippen LogP contribution < -0.4 is 0 Å². The monoisotopic (exact) mass is 310 g/mol. The van der Waals surface area contributed by atoms with Crippen molar-refractivity contribution >= 4 is 21.8 Å². The van der Waals surface area contributed by atoms with Crippen LogP contribution in [0, 0.1) is 11.3 Å². The van der Waals surface area contributed by atoms with Gasteiger partial charge in [-0.2, -0.15) is 21.3 Å². The van der Waals surface area contributed by atoms with Gasteiger partial charge in [0.05, 0.1) is 17.4 Å². The molecule has 0 saturated carbocycles. The van der Waals surface area contributed by atoms with Gasteiger partial charge in [0, 0.05) is 23.6 Å². The van der Waals surface area contributed by atoms with Gasteiger partial charge in [-0.05, 0) is 24.6 Å².